The second kappa shape index (κ2) is 15.2. The molecule has 4 rings (SSSR count). The molecule has 1 fully saturated rings. The van der Waals surface area contributed by atoms with Gasteiger partial charge in [0.1, 0.15) is 0 Å². The van der Waals surface area contributed by atoms with Crippen molar-refractivity contribution in [1.29, 1.82) is 0 Å². The summed E-state index contributed by atoms with van der Waals surface area (Å²) >= 11 is 0. The monoisotopic (exact) mass is 570 g/mol. The Labute approximate surface area is 240 Å². The van der Waals surface area contributed by atoms with Gasteiger partial charge in [-0.05, 0) is 36.6 Å². The van der Waals surface area contributed by atoms with Crippen LogP contribution in [0, 0.1) is 29.2 Å². The van der Waals surface area contributed by atoms with Gasteiger partial charge in [0.25, 0.3) is 0 Å². The highest BCUT2D eigenvalue weighted by Gasteiger charge is 2.27. The van der Waals surface area contributed by atoms with Gasteiger partial charge in [-0.1, -0.05) is 94.0 Å². The van der Waals surface area contributed by atoms with Crippen LogP contribution in [0.25, 0.3) is 22.3 Å². The quantitative estimate of drug-likeness (QED) is 0.116. The van der Waals surface area contributed by atoms with Gasteiger partial charge in [0.15, 0.2) is 29.5 Å². The lowest BCUT2D eigenvalue weighted by Gasteiger charge is -2.28. The van der Waals surface area contributed by atoms with Crippen LogP contribution in [0.2, 0.25) is 0 Å². The van der Waals surface area contributed by atoms with Crippen molar-refractivity contribution in [1.82, 2.24) is 0 Å². The highest BCUT2D eigenvalue weighted by Crippen LogP contribution is 2.35. The molecule has 0 radical (unpaired) electrons. The van der Waals surface area contributed by atoms with E-state index in [4.69, 9.17) is 14.2 Å². The van der Waals surface area contributed by atoms with Crippen LogP contribution in [-0.2, 0) is 9.47 Å². The first kappa shape index (κ1) is 30.8. The van der Waals surface area contributed by atoms with Crippen molar-refractivity contribution < 1.29 is 31.8 Å². The third-order valence-corrected chi connectivity index (χ3v) is 7.31. The first-order chi connectivity index (χ1) is 19.9. The summed E-state index contributed by atoms with van der Waals surface area (Å²) in [6, 6.07) is 12.0. The van der Waals surface area contributed by atoms with E-state index in [2.05, 4.69) is 6.92 Å². The fourth-order valence-electron chi connectivity index (χ4n) is 4.99. The predicted octanol–water partition coefficient (Wildman–Crippen LogP) is 9.94. The lowest BCUT2D eigenvalue weighted by atomic mass is 9.98. The maximum atomic E-state index is 15.1. The van der Waals surface area contributed by atoms with E-state index < -0.39 is 29.6 Å². The fraction of sp³-hybridized carbons (Fsp3) is 0.412. The predicted molar refractivity (Wildman–Crippen MR) is 154 cm³/mol. The van der Waals surface area contributed by atoms with E-state index >= 15 is 4.39 Å². The van der Waals surface area contributed by atoms with Crippen molar-refractivity contribution in [2.75, 3.05) is 19.8 Å². The molecule has 1 aliphatic heterocycles. The van der Waals surface area contributed by atoms with Gasteiger partial charge in [0.2, 0.25) is 5.82 Å². The zero-order valence-corrected chi connectivity index (χ0v) is 23.7. The minimum Gasteiger partial charge on any atom is -0.490 e. The molecule has 41 heavy (non-hydrogen) atoms. The van der Waals surface area contributed by atoms with Gasteiger partial charge in [0, 0.05) is 22.6 Å². The molecule has 0 spiro atoms. The van der Waals surface area contributed by atoms with Crippen LogP contribution >= 0.6 is 0 Å². The second-order valence-electron chi connectivity index (χ2n) is 10.4. The molecule has 0 atom stereocenters. The Bertz CT molecular complexity index is 1300. The van der Waals surface area contributed by atoms with Crippen LogP contribution in [0.1, 0.15) is 70.6 Å². The molecule has 0 bridgehead atoms. The van der Waals surface area contributed by atoms with Crippen molar-refractivity contribution in [3.8, 4) is 28.0 Å². The molecule has 1 saturated heterocycles. The van der Waals surface area contributed by atoms with Crippen LogP contribution in [0.3, 0.4) is 0 Å². The molecular formula is C34H38F4O3. The van der Waals surface area contributed by atoms with Crippen molar-refractivity contribution >= 4 is 0 Å². The average molecular weight is 571 g/mol. The Hall–Kier alpha value is -3.16. The van der Waals surface area contributed by atoms with Crippen molar-refractivity contribution in [3.05, 3.63) is 89.5 Å². The van der Waals surface area contributed by atoms with E-state index in [9.17, 15) is 13.2 Å². The molecular weight excluding hydrogens is 532 g/mol. The highest BCUT2D eigenvalue weighted by atomic mass is 19.2. The number of benzene rings is 3. The number of hydrogen-bond acceptors (Lipinski definition) is 3. The van der Waals surface area contributed by atoms with Gasteiger partial charge >= 0.3 is 0 Å². The molecule has 0 aromatic heterocycles. The van der Waals surface area contributed by atoms with Crippen molar-refractivity contribution in [2.45, 2.75) is 65.1 Å². The second-order valence-corrected chi connectivity index (χ2v) is 10.4. The van der Waals surface area contributed by atoms with Crippen LogP contribution in [0.5, 0.6) is 5.75 Å². The summed E-state index contributed by atoms with van der Waals surface area (Å²) in [5, 5.41) is 0. The van der Waals surface area contributed by atoms with E-state index in [1.807, 2.05) is 19.1 Å². The maximum Gasteiger partial charge on any atom is 0.201 e. The van der Waals surface area contributed by atoms with Crippen molar-refractivity contribution in [3.63, 3.8) is 0 Å². The minimum atomic E-state index is -1.04. The smallest absolute Gasteiger partial charge is 0.201 e. The van der Waals surface area contributed by atoms with Crippen LogP contribution in [0.4, 0.5) is 17.6 Å². The number of hydrogen-bond donors (Lipinski definition) is 0. The molecule has 3 aromatic carbocycles. The molecule has 1 heterocycles. The number of halogens is 4. The zero-order chi connectivity index (χ0) is 29.2. The van der Waals surface area contributed by atoms with Gasteiger partial charge in [-0.3, -0.25) is 0 Å². The van der Waals surface area contributed by atoms with E-state index in [0.717, 1.165) is 19.3 Å². The van der Waals surface area contributed by atoms with Gasteiger partial charge in [-0.15, -0.1) is 0 Å². The van der Waals surface area contributed by atoms with E-state index in [0.29, 0.717) is 30.9 Å². The molecule has 0 amide bonds. The van der Waals surface area contributed by atoms with Gasteiger partial charge < -0.3 is 14.2 Å². The summed E-state index contributed by atoms with van der Waals surface area (Å²) in [4.78, 5) is 0. The molecule has 0 unspecified atom stereocenters. The Morgan fingerprint density at radius 3 is 1.88 bits per heavy atom. The van der Waals surface area contributed by atoms with Crippen LogP contribution in [-0.4, -0.2) is 19.8 Å². The van der Waals surface area contributed by atoms with E-state index in [1.165, 1.54) is 49.9 Å². The SMILES string of the molecule is CC=CC1COC(c2ccc(-c3ccc(-c4ccc(OCCCCCCCCC)c(F)c4F)cc3)c(F)c2F)OC1. The first-order valence-corrected chi connectivity index (χ1v) is 14.5. The Balaban J connectivity index is 1.39. The van der Waals surface area contributed by atoms with Crippen LogP contribution < -0.4 is 4.74 Å². The van der Waals surface area contributed by atoms with Gasteiger partial charge in [0.05, 0.1) is 19.8 Å². The minimum absolute atomic E-state index is 0.00590. The topological polar surface area (TPSA) is 27.7 Å². The third-order valence-electron chi connectivity index (χ3n) is 7.31. The number of ether oxygens (including phenoxy) is 3. The lowest BCUT2D eigenvalue weighted by molar-refractivity contribution is -0.199. The standard InChI is InChI=1S/C34H38F4O3/c1-3-5-6-7-8-9-10-20-39-29-19-18-27(31(36)33(29)38)25-14-12-24(13-15-25)26-16-17-28(32(37)30(26)35)34-40-21-23(11-4-2)22-41-34/h4,11-19,23,34H,3,5-10,20-22H2,1-2H3. The molecule has 0 saturated carbocycles. The summed E-state index contributed by atoms with van der Waals surface area (Å²) in [6.45, 7) is 5.10. The summed E-state index contributed by atoms with van der Waals surface area (Å²) in [7, 11) is 0. The number of rotatable bonds is 13. The molecule has 1 aliphatic rings. The largest absolute Gasteiger partial charge is 0.490 e. The molecule has 7 heteroatoms. The number of allylic oxidation sites excluding steroid dienone is 1. The van der Waals surface area contributed by atoms with Crippen LogP contribution in [0.15, 0.2) is 60.7 Å². The van der Waals surface area contributed by atoms with Crippen molar-refractivity contribution in [2.24, 2.45) is 5.92 Å². The Morgan fingerprint density at radius 1 is 0.707 bits per heavy atom. The Morgan fingerprint density at radius 2 is 1.27 bits per heavy atom. The first-order valence-electron chi connectivity index (χ1n) is 14.5. The van der Waals surface area contributed by atoms with E-state index in [1.54, 1.807) is 24.3 Å². The molecule has 0 aliphatic carbocycles. The Kier molecular flexibility index (Phi) is 11.4. The maximum absolute atomic E-state index is 15.1. The van der Waals surface area contributed by atoms with Gasteiger partial charge in [-0.2, -0.15) is 4.39 Å². The van der Waals surface area contributed by atoms with E-state index in [-0.39, 0.29) is 28.4 Å². The lowest BCUT2D eigenvalue weighted by Crippen LogP contribution is -2.26. The van der Waals surface area contributed by atoms with Gasteiger partial charge in [-0.25, -0.2) is 13.2 Å². The summed E-state index contributed by atoms with van der Waals surface area (Å²) in [5.74, 6) is -4.17. The molecule has 0 N–H and O–H groups in total. The molecule has 3 nitrogen and oxygen atoms in total. The third kappa shape index (κ3) is 7.77. The number of unbranched alkanes of at least 4 members (excludes halogenated alkanes) is 6. The zero-order valence-electron chi connectivity index (χ0n) is 23.7. The molecule has 220 valence electrons. The summed E-state index contributed by atoms with van der Waals surface area (Å²) in [5.41, 5.74) is 0.892. The highest BCUT2D eigenvalue weighted by molar-refractivity contribution is 5.71. The average Bonchev–Trinajstić information content (AvgIpc) is 2.99. The normalized spacial score (nSPS) is 17.3. The fourth-order valence-corrected chi connectivity index (χ4v) is 4.99. The summed E-state index contributed by atoms with van der Waals surface area (Å²) in [6.07, 6.45) is 10.6. The summed E-state index contributed by atoms with van der Waals surface area (Å²) < 4.78 is 76.4. The molecule has 3 aromatic rings.